The third-order valence-electron chi connectivity index (χ3n) is 2.19. The number of hydrogen-bond donors (Lipinski definition) is 0. The zero-order chi connectivity index (χ0) is 10.6. The Labute approximate surface area is 82.7 Å². The van der Waals surface area contributed by atoms with Crippen molar-refractivity contribution in [1.82, 2.24) is 0 Å². The van der Waals surface area contributed by atoms with Crippen LogP contribution in [0.15, 0.2) is 18.2 Å². The van der Waals surface area contributed by atoms with Crippen LogP contribution in [0, 0.1) is 5.82 Å². The third-order valence-corrected chi connectivity index (χ3v) is 2.19. The maximum Gasteiger partial charge on any atom is 0.165 e. The number of benzene rings is 1. The predicted octanol–water partition coefficient (Wildman–Crippen LogP) is 2.53. The van der Waals surface area contributed by atoms with Crippen molar-refractivity contribution in [3.63, 3.8) is 0 Å². The zero-order valence-electron chi connectivity index (χ0n) is 8.29. The molecule has 0 saturated carbocycles. The van der Waals surface area contributed by atoms with Gasteiger partial charge in [-0.3, -0.25) is 0 Å². The summed E-state index contributed by atoms with van der Waals surface area (Å²) in [5.74, 6) is -0.109. The fraction of sp³-hybridized carbons (Fsp3) is 0.364. The van der Waals surface area contributed by atoms with Gasteiger partial charge in [-0.25, -0.2) is 4.39 Å². The highest BCUT2D eigenvalue weighted by molar-refractivity contribution is 5.51. The van der Waals surface area contributed by atoms with E-state index in [0.717, 1.165) is 11.8 Å². The highest BCUT2D eigenvalue weighted by Crippen LogP contribution is 2.24. The van der Waals surface area contributed by atoms with Crippen LogP contribution in [-0.4, -0.2) is 13.4 Å². The van der Waals surface area contributed by atoms with E-state index in [1.54, 1.807) is 12.1 Å². The Morgan fingerprint density at radius 2 is 2.29 bits per heavy atom. The molecule has 0 heterocycles. The molecule has 1 unspecified atom stereocenters. The summed E-state index contributed by atoms with van der Waals surface area (Å²) < 4.78 is 18.0. The van der Waals surface area contributed by atoms with Crippen LogP contribution in [0.5, 0.6) is 5.75 Å². The van der Waals surface area contributed by atoms with Gasteiger partial charge in [-0.05, 0) is 23.6 Å². The summed E-state index contributed by atoms with van der Waals surface area (Å²) >= 11 is 0. The van der Waals surface area contributed by atoms with E-state index < -0.39 is 0 Å². The van der Waals surface area contributed by atoms with Crippen LogP contribution in [-0.2, 0) is 4.79 Å². The number of aldehydes is 1. The summed E-state index contributed by atoms with van der Waals surface area (Å²) in [6, 6.07) is 4.76. The van der Waals surface area contributed by atoms with E-state index in [1.807, 2.05) is 6.92 Å². The number of carbonyl (C=O) groups is 1. The van der Waals surface area contributed by atoms with Gasteiger partial charge in [0.1, 0.15) is 6.29 Å². The molecule has 0 aliphatic carbocycles. The minimum atomic E-state index is -0.386. The number of rotatable bonds is 4. The Hall–Kier alpha value is -1.38. The lowest BCUT2D eigenvalue weighted by molar-refractivity contribution is -0.108. The number of hydrogen-bond acceptors (Lipinski definition) is 2. The van der Waals surface area contributed by atoms with Crippen molar-refractivity contribution < 1.29 is 13.9 Å². The minimum absolute atomic E-state index is 0.0490. The van der Waals surface area contributed by atoms with Crippen LogP contribution < -0.4 is 4.74 Å². The monoisotopic (exact) mass is 196 g/mol. The molecule has 1 atom stereocenters. The molecule has 1 rings (SSSR count). The number of methoxy groups -OCH3 is 1. The molecule has 0 bridgehead atoms. The Morgan fingerprint density at radius 1 is 1.57 bits per heavy atom. The molecule has 1 aromatic rings. The molecule has 0 aliphatic rings. The van der Waals surface area contributed by atoms with Gasteiger partial charge in [0.15, 0.2) is 11.6 Å². The molecule has 1 aromatic carbocycles. The maximum absolute atomic E-state index is 13.2. The van der Waals surface area contributed by atoms with E-state index in [9.17, 15) is 9.18 Å². The SMILES string of the molecule is COc1ccc(C(C)CC=O)cc1F. The second-order valence-corrected chi connectivity index (χ2v) is 3.20. The molecule has 0 radical (unpaired) electrons. The van der Waals surface area contributed by atoms with Crippen LogP contribution in [0.4, 0.5) is 4.39 Å². The van der Waals surface area contributed by atoms with Gasteiger partial charge in [-0.1, -0.05) is 13.0 Å². The van der Waals surface area contributed by atoms with Crippen LogP contribution in [0.2, 0.25) is 0 Å². The highest BCUT2D eigenvalue weighted by Gasteiger charge is 2.08. The van der Waals surface area contributed by atoms with Crippen molar-refractivity contribution in [3.8, 4) is 5.75 Å². The molecule has 0 aromatic heterocycles. The Bertz CT molecular complexity index is 323. The maximum atomic E-state index is 13.2. The van der Waals surface area contributed by atoms with E-state index >= 15 is 0 Å². The van der Waals surface area contributed by atoms with Crippen molar-refractivity contribution >= 4 is 6.29 Å². The molecule has 2 nitrogen and oxygen atoms in total. The molecule has 0 saturated heterocycles. The van der Waals surface area contributed by atoms with Gasteiger partial charge in [-0.15, -0.1) is 0 Å². The van der Waals surface area contributed by atoms with Crippen molar-refractivity contribution in [1.29, 1.82) is 0 Å². The lowest BCUT2D eigenvalue weighted by Gasteiger charge is -2.09. The highest BCUT2D eigenvalue weighted by atomic mass is 19.1. The largest absolute Gasteiger partial charge is 0.494 e. The molecule has 0 amide bonds. The average Bonchev–Trinajstić information content (AvgIpc) is 2.18. The first-order chi connectivity index (χ1) is 6.69. The number of halogens is 1. The summed E-state index contributed by atoms with van der Waals surface area (Å²) in [4.78, 5) is 10.3. The molecule has 76 valence electrons. The van der Waals surface area contributed by atoms with Crippen molar-refractivity contribution in [2.24, 2.45) is 0 Å². The van der Waals surface area contributed by atoms with Gasteiger partial charge in [0.2, 0.25) is 0 Å². The third kappa shape index (κ3) is 2.31. The summed E-state index contributed by atoms with van der Waals surface area (Å²) in [6.07, 6.45) is 1.25. The molecule has 0 fully saturated rings. The first-order valence-electron chi connectivity index (χ1n) is 4.46. The molecular formula is C11H13FO2. The van der Waals surface area contributed by atoms with Crippen molar-refractivity contribution in [2.75, 3.05) is 7.11 Å². The number of carbonyl (C=O) groups excluding carboxylic acids is 1. The normalized spacial score (nSPS) is 12.2. The van der Waals surface area contributed by atoms with Crippen LogP contribution in [0.1, 0.15) is 24.8 Å². The van der Waals surface area contributed by atoms with Gasteiger partial charge in [-0.2, -0.15) is 0 Å². The van der Waals surface area contributed by atoms with E-state index in [0.29, 0.717) is 6.42 Å². The molecule has 0 N–H and O–H groups in total. The minimum Gasteiger partial charge on any atom is -0.494 e. The fourth-order valence-electron chi connectivity index (χ4n) is 1.27. The molecular weight excluding hydrogens is 183 g/mol. The number of ether oxygens (including phenoxy) is 1. The molecule has 0 spiro atoms. The predicted molar refractivity (Wildman–Crippen MR) is 52.0 cm³/mol. The van der Waals surface area contributed by atoms with Gasteiger partial charge in [0.05, 0.1) is 7.11 Å². The standard InChI is InChI=1S/C11H13FO2/c1-8(5-6-13)9-3-4-11(14-2)10(12)7-9/h3-4,6-8H,5H2,1-2H3. The van der Waals surface area contributed by atoms with Crippen molar-refractivity contribution in [3.05, 3.63) is 29.6 Å². The van der Waals surface area contributed by atoms with E-state index in [1.165, 1.54) is 13.2 Å². The van der Waals surface area contributed by atoms with Crippen LogP contribution in [0.3, 0.4) is 0 Å². The summed E-state index contributed by atoms with van der Waals surface area (Å²) in [5.41, 5.74) is 0.815. The van der Waals surface area contributed by atoms with E-state index in [2.05, 4.69) is 0 Å². The summed E-state index contributed by atoms with van der Waals surface area (Å²) in [7, 11) is 1.42. The summed E-state index contributed by atoms with van der Waals surface area (Å²) in [6.45, 7) is 1.88. The van der Waals surface area contributed by atoms with E-state index in [-0.39, 0.29) is 17.5 Å². The first-order valence-corrected chi connectivity index (χ1v) is 4.46. The molecule has 14 heavy (non-hydrogen) atoms. The van der Waals surface area contributed by atoms with Gasteiger partial charge in [0, 0.05) is 6.42 Å². The Balaban J connectivity index is 2.90. The van der Waals surface area contributed by atoms with Gasteiger partial charge >= 0.3 is 0 Å². The first kappa shape index (κ1) is 10.7. The molecule has 0 aliphatic heterocycles. The second-order valence-electron chi connectivity index (χ2n) is 3.20. The Kier molecular flexibility index (Phi) is 3.63. The lowest BCUT2D eigenvalue weighted by atomic mass is 9.98. The van der Waals surface area contributed by atoms with Gasteiger partial charge < -0.3 is 9.53 Å². The smallest absolute Gasteiger partial charge is 0.165 e. The topological polar surface area (TPSA) is 26.3 Å². The fourth-order valence-corrected chi connectivity index (χ4v) is 1.27. The lowest BCUT2D eigenvalue weighted by Crippen LogP contribution is -1.96. The van der Waals surface area contributed by atoms with Crippen LogP contribution in [0.25, 0.3) is 0 Å². The van der Waals surface area contributed by atoms with E-state index in [4.69, 9.17) is 4.74 Å². The Morgan fingerprint density at radius 3 is 2.79 bits per heavy atom. The summed E-state index contributed by atoms with van der Waals surface area (Å²) in [5, 5.41) is 0. The average molecular weight is 196 g/mol. The van der Waals surface area contributed by atoms with Crippen molar-refractivity contribution in [2.45, 2.75) is 19.3 Å². The molecule has 3 heteroatoms. The zero-order valence-corrected chi connectivity index (χ0v) is 8.29. The van der Waals surface area contributed by atoms with Gasteiger partial charge in [0.25, 0.3) is 0 Å². The van der Waals surface area contributed by atoms with Crippen LogP contribution >= 0.6 is 0 Å². The second kappa shape index (κ2) is 4.74. The quantitative estimate of drug-likeness (QED) is 0.692.